The number of rotatable bonds is 8. The second kappa shape index (κ2) is 10.5. The lowest BCUT2D eigenvalue weighted by Gasteiger charge is -2.23. The zero-order chi connectivity index (χ0) is 20.5. The smallest absolute Gasteiger partial charge is 0.312 e. The number of hydrogen-bond acceptors (Lipinski definition) is 3. The molecule has 4 N–H and O–H groups in total. The monoisotopic (exact) mass is 395 g/mol. The second-order valence-corrected chi connectivity index (χ2v) is 7.56. The number of para-hydroxylation sites is 1. The summed E-state index contributed by atoms with van der Waals surface area (Å²) in [5, 5.41) is 5.70. The fourth-order valence-electron chi connectivity index (χ4n) is 3.75. The highest BCUT2D eigenvalue weighted by molar-refractivity contribution is 5.78. The zero-order valence-corrected chi connectivity index (χ0v) is 16.6. The van der Waals surface area contributed by atoms with E-state index in [2.05, 4.69) is 10.6 Å². The van der Waals surface area contributed by atoms with E-state index in [4.69, 9.17) is 10.5 Å². The molecule has 0 saturated heterocycles. The van der Waals surface area contributed by atoms with E-state index in [1.165, 1.54) is 32.1 Å². The standard InChI is InChI=1S/C23H29N3O3/c24-23(28)26-21(15-22(27)25-16-17-8-3-1-4-9-17)18-10-7-13-20(14-18)29-19-11-5-2-6-12-19/h2,5-7,10-14,17,21H,1,3-4,8-9,15-16H2,(H,25,27)(H3,24,26,28). The fourth-order valence-corrected chi connectivity index (χ4v) is 3.75. The van der Waals surface area contributed by atoms with Gasteiger partial charge >= 0.3 is 6.03 Å². The number of primary amides is 1. The number of carbonyl (C=O) groups excluding carboxylic acids is 2. The van der Waals surface area contributed by atoms with Crippen LogP contribution in [0.2, 0.25) is 0 Å². The van der Waals surface area contributed by atoms with Gasteiger partial charge in [0.05, 0.1) is 12.5 Å². The molecular formula is C23H29N3O3. The third-order valence-electron chi connectivity index (χ3n) is 5.26. The SMILES string of the molecule is NC(=O)NC(CC(=O)NCC1CCCCC1)c1cccc(Oc2ccccc2)c1. The van der Waals surface area contributed by atoms with E-state index >= 15 is 0 Å². The van der Waals surface area contributed by atoms with Crippen LogP contribution in [-0.4, -0.2) is 18.5 Å². The minimum Gasteiger partial charge on any atom is -0.457 e. The second-order valence-electron chi connectivity index (χ2n) is 7.56. The predicted octanol–water partition coefficient (Wildman–Crippen LogP) is 4.27. The van der Waals surface area contributed by atoms with Crippen molar-refractivity contribution in [2.45, 2.75) is 44.6 Å². The summed E-state index contributed by atoms with van der Waals surface area (Å²) in [7, 11) is 0. The van der Waals surface area contributed by atoms with Gasteiger partial charge in [0.25, 0.3) is 0 Å². The molecule has 0 aliphatic heterocycles. The van der Waals surface area contributed by atoms with Gasteiger partial charge in [0, 0.05) is 6.54 Å². The molecule has 0 spiro atoms. The maximum absolute atomic E-state index is 12.5. The average Bonchev–Trinajstić information content (AvgIpc) is 2.73. The van der Waals surface area contributed by atoms with Crippen LogP contribution in [0.25, 0.3) is 0 Å². The molecular weight excluding hydrogens is 366 g/mol. The van der Waals surface area contributed by atoms with Gasteiger partial charge in [0.15, 0.2) is 0 Å². The van der Waals surface area contributed by atoms with E-state index in [9.17, 15) is 9.59 Å². The molecule has 1 saturated carbocycles. The quantitative estimate of drug-likeness (QED) is 0.623. The Balaban J connectivity index is 1.63. The van der Waals surface area contributed by atoms with Gasteiger partial charge in [-0.2, -0.15) is 0 Å². The molecule has 1 fully saturated rings. The normalized spacial score (nSPS) is 15.3. The summed E-state index contributed by atoms with van der Waals surface area (Å²) in [6.07, 6.45) is 6.23. The van der Waals surface area contributed by atoms with Gasteiger partial charge in [-0.1, -0.05) is 49.6 Å². The van der Waals surface area contributed by atoms with Crippen molar-refractivity contribution < 1.29 is 14.3 Å². The number of carbonyl (C=O) groups is 2. The highest BCUT2D eigenvalue weighted by Gasteiger charge is 2.20. The highest BCUT2D eigenvalue weighted by atomic mass is 16.5. The van der Waals surface area contributed by atoms with Crippen molar-refractivity contribution >= 4 is 11.9 Å². The van der Waals surface area contributed by atoms with Crippen molar-refractivity contribution in [1.29, 1.82) is 0 Å². The first kappa shape index (κ1) is 20.7. The third kappa shape index (κ3) is 6.82. The Labute approximate surface area is 171 Å². The molecule has 2 aromatic carbocycles. The van der Waals surface area contributed by atoms with Crippen molar-refractivity contribution in [2.75, 3.05) is 6.54 Å². The molecule has 2 aromatic rings. The number of urea groups is 1. The first-order valence-corrected chi connectivity index (χ1v) is 10.3. The van der Waals surface area contributed by atoms with Gasteiger partial charge in [-0.3, -0.25) is 4.79 Å². The number of nitrogens with two attached hydrogens (primary N) is 1. The van der Waals surface area contributed by atoms with Gasteiger partial charge in [-0.05, 0) is 48.6 Å². The Morgan fingerprint density at radius 1 is 1.00 bits per heavy atom. The maximum Gasteiger partial charge on any atom is 0.312 e. The maximum atomic E-state index is 12.5. The molecule has 6 nitrogen and oxygen atoms in total. The molecule has 0 radical (unpaired) electrons. The molecule has 1 aliphatic rings. The summed E-state index contributed by atoms with van der Waals surface area (Å²) in [5.41, 5.74) is 6.11. The van der Waals surface area contributed by atoms with Crippen molar-refractivity contribution in [3.8, 4) is 11.5 Å². The fraction of sp³-hybridized carbons (Fsp3) is 0.391. The van der Waals surface area contributed by atoms with Crippen LogP contribution in [0.5, 0.6) is 11.5 Å². The summed E-state index contributed by atoms with van der Waals surface area (Å²) >= 11 is 0. The summed E-state index contributed by atoms with van der Waals surface area (Å²) in [4.78, 5) is 24.0. The van der Waals surface area contributed by atoms with Crippen LogP contribution >= 0.6 is 0 Å². The largest absolute Gasteiger partial charge is 0.457 e. The minimum atomic E-state index is -0.663. The summed E-state index contributed by atoms with van der Waals surface area (Å²) in [5.74, 6) is 1.81. The number of hydrogen-bond donors (Lipinski definition) is 3. The molecule has 6 heteroatoms. The molecule has 0 aromatic heterocycles. The van der Waals surface area contributed by atoms with Gasteiger partial charge in [-0.15, -0.1) is 0 Å². The average molecular weight is 396 g/mol. The van der Waals surface area contributed by atoms with E-state index < -0.39 is 12.1 Å². The Hall–Kier alpha value is -3.02. The molecule has 0 bridgehead atoms. The first-order valence-electron chi connectivity index (χ1n) is 10.3. The molecule has 1 unspecified atom stereocenters. The van der Waals surface area contributed by atoms with Gasteiger partial charge < -0.3 is 21.1 Å². The van der Waals surface area contributed by atoms with Crippen molar-refractivity contribution in [3.05, 3.63) is 60.2 Å². The number of amides is 3. The Bertz CT molecular complexity index is 804. The van der Waals surface area contributed by atoms with Crippen LogP contribution < -0.4 is 21.1 Å². The molecule has 1 aliphatic carbocycles. The van der Waals surface area contributed by atoms with E-state index in [1.807, 2.05) is 54.6 Å². The number of ether oxygens (including phenoxy) is 1. The van der Waals surface area contributed by atoms with Crippen molar-refractivity contribution in [2.24, 2.45) is 11.7 Å². The Morgan fingerprint density at radius 3 is 2.45 bits per heavy atom. The lowest BCUT2D eigenvalue weighted by Crippen LogP contribution is -2.37. The lowest BCUT2D eigenvalue weighted by atomic mass is 9.89. The van der Waals surface area contributed by atoms with Crippen molar-refractivity contribution in [1.82, 2.24) is 10.6 Å². The molecule has 3 amide bonds. The molecule has 0 heterocycles. The topological polar surface area (TPSA) is 93.5 Å². The van der Waals surface area contributed by atoms with Gasteiger partial charge in [-0.25, -0.2) is 4.79 Å². The first-order chi connectivity index (χ1) is 14.1. The number of nitrogens with one attached hydrogen (secondary N) is 2. The zero-order valence-electron chi connectivity index (χ0n) is 16.6. The van der Waals surface area contributed by atoms with Gasteiger partial charge in [0.1, 0.15) is 11.5 Å². The summed E-state index contributed by atoms with van der Waals surface area (Å²) in [6, 6.07) is 15.6. The molecule has 154 valence electrons. The van der Waals surface area contributed by atoms with Crippen LogP contribution in [0.15, 0.2) is 54.6 Å². The Morgan fingerprint density at radius 2 is 1.72 bits per heavy atom. The van der Waals surface area contributed by atoms with Crippen molar-refractivity contribution in [3.63, 3.8) is 0 Å². The van der Waals surface area contributed by atoms with Crippen LogP contribution in [-0.2, 0) is 4.79 Å². The predicted molar refractivity (Wildman–Crippen MR) is 113 cm³/mol. The van der Waals surface area contributed by atoms with E-state index in [0.29, 0.717) is 24.0 Å². The lowest BCUT2D eigenvalue weighted by molar-refractivity contribution is -0.121. The Kier molecular flexibility index (Phi) is 7.50. The van der Waals surface area contributed by atoms with E-state index in [1.54, 1.807) is 0 Å². The van der Waals surface area contributed by atoms with Gasteiger partial charge in [0.2, 0.25) is 5.91 Å². The van der Waals surface area contributed by atoms with Crippen LogP contribution in [0.1, 0.15) is 50.1 Å². The van der Waals surface area contributed by atoms with E-state index in [-0.39, 0.29) is 12.3 Å². The third-order valence-corrected chi connectivity index (χ3v) is 5.26. The molecule has 3 rings (SSSR count). The summed E-state index contributed by atoms with van der Waals surface area (Å²) in [6.45, 7) is 0.694. The van der Waals surface area contributed by atoms with Crippen LogP contribution in [0, 0.1) is 5.92 Å². The minimum absolute atomic E-state index is 0.0938. The molecule has 29 heavy (non-hydrogen) atoms. The van der Waals surface area contributed by atoms with E-state index in [0.717, 1.165) is 5.56 Å². The van der Waals surface area contributed by atoms with Crippen LogP contribution in [0.4, 0.5) is 4.79 Å². The summed E-state index contributed by atoms with van der Waals surface area (Å²) < 4.78 is 5.86. The molecule has 1 atom stereocenters. The highest BCUT2D eigenvalue weighted by Crippen LogP contribution is 2.26. The number of benzene rings is 2. The van der Waals surface area contributed by atoms with Crippen LogP contribution in [0.3, 0.4) is 0 Å².